The number of benzene rings is 1. The molecule has 1 aromatic rings. The van der Waals surface area contributed by atoms with Gasteiger partial charge in [0.05, 0.1) is 13.1 Å². The standard InChI is InChI=1S/C14H17NO3/c1-9-6-10(2)13(11(3)7-9)12(16)8-15-4-5-18-14(15)17/h6-7H,4-5,8H2,1-3H3. The predicted octanol–water partition coefficient (Wildman–Crippen LogP) is 2.25. The van der Waals surface area contributed by atoms with E-state index in [1.807, 2.05) is 32.9 Å². The van der Waals surface area contributed by atoms with Gasteiger partial charge in [-0.1, -0.05) is 17.7 Å². The number of carbonyl (C=O) groups excluding carboxylic acids is 2. The van der Waals surface area contributed by atoms with Crippen molar-refractivity contribution in [1.29, 1.82) is 0 Å². The van der Waals surface area contributed by atoms with Crippen LogP contribution in [0.25, 0.3) is 0 Å². The van der Waals surface area contributed by atoms with E-state index in [1.54, 1.807) is 0 Å². The Kier molecular flexibility index (Phi) is 3.36. The zero-order valence-corrected chi connectivity index (χ0v) is 10.9. The fourth-order valence-corrected chi connectivity index (χ4v) is 2.44. The van der Waals surface area contributed by atoms with E-state index in [-0.39, 0.29) is 12.3 Å². The maximum Gasteiger partial charge on any atom is 0.410 e. The number of cyclic esters (lactones) is 1. The van der Waals surface area contributed by atoms with Crippen LogP contribution < -0.4 is 0 Å². The quantitative estimate of drug-likeness (QED) is 0.770. The third kappa shape index (κ3) is 2.37. The van der Waals surface area contributed by atoms with Crippen LogP contribution >= 0.6 is 0 Å². The number of rotatable bonds is 3. The molecule has 0 aliphatic carbocycles. The molecule has 1 saturated heterocycles. The third-order valence-corrected chi connectivity index (χ3v) is 3.14. The predicted molar refractivity (Wildman–Crippen MR) is 67.9 cm³/mol. The Hall–Kier alpha value is -1.84. The molecule has 1 aliphatic heterocycles. The smallest absolute Gasteiger partial charge is 0.410 e. The molecule has 1 fully saturated rings. The molecule has 1 aliphatic rings. The molecule has 0 atom stereocenters. The molecule has 4 heteroatoms. The largest absolute Gasteiger partial charge is 0.448 e. The first-order chi connectivity index (χ1) is 8.49. The SMILES string of the molecule is Cc1cc(C)c(C(=O)CN2CCOC2=O)c(C)c1. The lowest BCUT2D eigenvalue weighted by Crippen LogP contribution is -2.31. The molecule has 1 aromatic carbocycles. The van der Waals surface area contributed by atoms with Gasteiger partial charge in [-0.3, -0.25) is 9.69 Å². The Morgan fingerprint density at radius 3 is 2.39 bits per heavy atom. The van der Waals surface area contributed by atoms with Gasteiger partial charge in [-0.2, -0.15) is 0 Å². The molecule has 0 aromatic heterocycles. The van der Waals surface area contributed by atoms with Gasteiger partial charge in [-0.15, -0.1) is 0 Å². The number of Topliss-reactive ketones (excluding diaryl/α,β-unsaturated/α-hetero) is 1. The molecule has 0 N–H and O–H groups in total. The number of aryl methyl sites for hydroxylation is 3. The minimum absolute atomic E-state index is 0.0242. The van der Waals surface area contributed by atoms with E-state index < -0.39 is 6.09 Å². The summed E-state index contributed by atoms with van der Waals surface area (Å²) < 4.78 is 4.82. The second-order valence-electron chi connectivity index (χ2n) is 4.73. The summed E-state index contributed by atoms with van der Waals surface area (Å²) in [6.07, 6.45) is -0.397. The first-order valence-electron chi connectivity index (χ1n) is 6.02. The van der Waals surface area contributed by atoms with E-state index in [1.165, 1.54) is 4.90 Å². The normalized spacial score (nSPS) is 14.8. The molecule has 18 heavy (non-hydrogen) atoms. The highest BCUT2D eigenvalue weighted by atomic mass is 16.6. The molecule has 1 amide bonds. The summed E-state index contributed by atoms with van der Waals surface area (Å²) in [6.45, 7) is 6.83. The van der Waals surface area contributed by atoms with Crippen LogP contribution in [-0.4, -0.2) is 36.5 Å². The number of nitrogens with zero attached hydrogens (tertiary/aromatic N) is 1. The average Bonchev–Trinajstić information content (AvgIpc) is 2.62. The first kappa shape index (κ1) is 12.6. The van der Waals surface area contributed by atoms with Crippen LogP contribution in [0, 0.1) is 20.8 Å². The van der Waals surface area contributed by atoms with Crippen LogP contribution in [0.15, 0.2) is 12.1 Å². The summed E-state index contributed by atoms with van der Waals surface area (Å²) in [6, 6.07) is 3.98. The molecule has 1 heterocycles. The summed E-state index contributed by atoms with van der Waals surface area (Å²) >= 11 is 0. The fraction of sp³-hybridized carbons (Fsp3) is 0.429. The third-order valence-electron chi connectivity index (χ3n) is 3.14. The second-order valence-corrected chi connectivity index (χ2v) is 4.73. The maximum absolute atomic E-state index is 12.2. The van der Waals surface area contributed by atoms with Crippen molar-refractivity contribution in [1.82, 2.24) is 4.90 Å². The van der Waals surface area contributed by atoms with Gasteiger partial charge in [0, 0.05) is 5.56 Å². The highest BCUT2D eigenvalue weighted by molar-refractivity contribution is 6.01. The Bertz CT molecular complexity index is 485. The van der Waals surface area contributed by atoms with Gasteiger partial charge in [0.15, 0.2) is 5.78 Å². The van der Waals surface area contributed by atoms with E-state index in [0.29, 0.717) is 13.2 Å². The Balaban J connectivity index is 2.21. The minimum Gasteiger partial charge on any atom is -0.448 e. The maximum atomic E-state index is 12.2. The number of amides is 1. The van der Waals surface area contributed by atoms with Crippen LogP contribution in [0.5, 0.6) is 0 Å². The van der Waals surface area contributed by atoms with E-state index in [4.69, 9.17) is 4.74 Å². The molecule has 96 valence electrons. The molecule has 0 saturated carbocycles. The first-order valence-corrected chi connectivity index (χ1v) is 6.02. The van der Waals surface area contributed by atoms with Crippen molar-refractivity contribution in [2.45, 2.75) is 20.8 Å². The van der Waals surface area contributed by atoms with Gasteiger partial charge < -0.3 is 4.74 Å². The van der Waals surface area contributed by atoms with Gasteiger partial charge in [-0.25, -0.2) is 4.79 Å². The molecular formula is C14H17NO3. The number of ketones is 1. The summed E-state index contributed by atoms with van der Waals surface area (Å²) in [4.78, 5) is 25.0. The number of hydrogen-bond acceptors (Lipinski definition) is 3. The Morgan fingerprint density at radius 2 is 1.89 bits per heavy atom. The molecular weight excluding hydrogens is 230 g/mol. The summed E-state index contributed by atoms with van der Waals surface area (Å²) in [5, 5.41) is 0. The number of ether oxygens (including phenoxy) is 1. The van der Waals surface area contributed by atoms with Crippen molar-refractivity contribution in [3.05, 3.63) is 34.4 Å². The van der Waals surface area contributed by atoms with Gasteiger partial charge >= 0.3 is 6.09 Å². The molecule has 0 radical (unpaired) electrons. The highest BCUT2D eigenvalue weighted by Crippen LogP contribution is 2.18. The Labute approximate surface area is 107 Å². The monoisotopic (exact) mass is 247 g/mol. The molecule has 4 nitrogen and oxygen atoms in total. The van der Waals surface area contributed by atoms with Gasteiger partial charge in [0.25, 0.3) is 0 Å². The fourth-order valence-electron chi connectivity index (χ4n) is 2.44. The Morgan fingerprint density at radius 1 is 1.28 bits per heavy atom. The average molecular weight is 247 g/mol. The van der Waals surface area contributed by atoms with Gasteiger partial charge in [0.1, 0.15) is 6.61 Å². The lowest BCUT2D eigenvalue weighted by Gasteiger charge is -2.14. The molecule has 2 rings (SSSR count). The number of hydrogen-bond donors (Lipinski definition) is 0. The van der Waals surface area contributed by atoms with Crippen molar-refractivity contribution in [2.24, 2.45) is 0 Å². The lowest BCUT2D eigenvalue weighted by molar-refractivity contribution is 0.0942. The van der Waals surface area contributed by atoms with Crippen LogP contribution in [0.3, 0.4) is 0 Å². The van der Waals surface area contributed by atoms with Crippen molar-refractivity contribution >= 4 is 11.9 Å². The summed E-state index contributed by atoms with van der Waals surface area (Å²) in [5.41, 5.74) is 3.79. The molecule has 0 unspecified atom stereocenters. The van der Waals surface area contributed by atoms with Crippen LogP contribution in [0.1, 0.15) is 27.0 Å². The van der Waals surface area contributed by atoms with E-state index in [0.717, 1.165) is 22.3 Å². The highest BCUT2D eigenvalue weighted by Gasteiger charge is 2.25. The second kappa shape index (κ2) is 4.80. The van der Waals surface area contributed by atoms with E-state index in [9.17, 15) is 9.59 Å². The molecule has 0 spiro atoms. The zero-order valence-electron chi connectivity index (χ0n) is 10.9. The zero-order chi connectivity index (χ0) is 13.3. The van der Waals surface area contributed by atoms with Crippen molar-refractivity contribution in [2.75, 3.05) is 19.7 Å². The van der Waals surface area contributed by atoms with Crippen molar-refractivity contribution < 1.29 is 14.3 Å². The minimum atomic E-state index is -0.397. The summed E-state index contributed by atoms with van der Waals surface area (Å²) in [5.74, 6) is -0.0242. The van der Waals surface area contributed by atoms with Crippen molar-refractivity contribution in [3.63, 3.8) is 0 Å². The van der Waals surface area contributed by atoms with Crippen LogP contribution in [0.2, 0.25) is 0 Å². The topological polar surface area (TPSA) is 46.6 Å². The lowest BCUT2D eigenvalue weighted by atomic mass is 9.96. The van der Waals surface area contributed by atoms with Crippen LogP contribution in [-0.2, 0) is 4.74 Å². The molecule has 0 bridgehead atoms. The number of carbonyl (C=O) groups is 2. The van der Waals surface area contributed by atoms with Gasteiger partial charge in [0.2, 0.25) is 0 Å². The summed E-state index contributed by atoms with van der Waals surface area (Å²) in [7, 11) is 0. The van der Waals surface area contributed by atoms with Gasteiger partial charge in [-0.05, 0) is 31.9 Å². The van der Waals surface area contributed by atoms with Crippen molar-refractivity contribution in [3.8, 4) is 0 Å². The van der Waals surface area contributed by atoms with E-state index >= 15 is 0 Å². The van der Waals surface area contributed by atoms with Crippen LogP contribution in [0.4, 0.5) is 4.79 Å². The van der Waals surface area contributed by atoms with E-state index in [2.05, 4.69) is 0 Å².